The van der Waals surface area contributed by atoms with Crippen molar-refractivity contribution in [3.05, 3.63) is 15.5 Å². The lowest BCUT2D eigenvalue weighted by molar-refractivity contribution is 0.123. The molecule has 0 radical (unpaired) electrons. The predicted octanol–water partition coefficient (Wildman–Crippen LogP) is 6.78. The lowest BCUT2D eigenvalue weighted by atomic mass is 9.65. The van der Waals surface area contributed by atoms with Crippen molar-refractivity contribution in [3.8, 4) is 0 Å². The van der Waals surface area contributed by atoms with Crippen molar-refractivity contribution >= 4 is 22.9 Å². The minimum atomic E-state index is 0.652. The molecule has 1 heterocycles. The molecule has 3 atom stereocenters. The van der Waals surface area contributed by atoms with Gasteiger partial charge in [0.25, 0.3) is 0 Å². The first-order chi connectivity index (χ1) is 10.5. The number of thiazole rings is 1. The number of hydrogen-bond acceptors (Lipinski definition) is 2. The van der Waals surface area contributed by atoms with Gasteiger partial charge in [0.05, 0.1) is 11.2 Å². The van der Waals surface area contributed by atoms with Crippen LogP contribution in [0.1, 0.15) is 76.6 Å². The second-order valence-electron chi connectivity index (χ2n) is 8.08. The smallest absolute Gasteiger partial charge is 0.113 e. The van der Waals surface area contributed by atoms with Crippen LogP contribution in [0.3, 0.4) is 0 Å². The van der Waals surface area contributed by atoms with Crippen LogP contribution in [0.15, 0.2) is 6.20 Å². The summed E-state index contributed by atoms with van der Waals surface area (Å²) in [5, 5.41) is 1.29. The third-order valence-electron chi connectivity index (χ3n) is 6.47. The summed E-state index contributed by atoms with van der Waals surface area (Å²) in [6.07, 6.45) is 11.9. The molecule has 0 N–H and O–H groups in total. The van der Waals surface area contributed by atoms with Crippen molar-refractivity contribution in [3.63, 3.8) is 0 Å². The maximum Gasteiger partial charge on any atom is 0.113 e. The number of halogens is 1. The van der Waals surface area contributed by atoms with E-state index in [0.717, 1.165) is 33.9 Å². The molecule has 2 saturated carbocycles. The molecule has 0 bridgehead atoms. The van der Waals surface area contributed by atoms with Gasteiger partial charge in [0.2, 0.25) is 0 Å². The highest BCUT2D eigenvalue weighted by atomic mass is 35.5. The van der Waals surface area contributed by atoms with Crippen LogP contribution < -0.4 is 0 Å². The fourth-order valence-electron chi connectivity index (χ4n) is 4.85. The maximum absolute atomic E-state index is 6.11. The Morgan fingerprint density at radius 2 is 1.77 bits per heavy atom. The molecule has 124 valence electrons. The first-order valence-electron chi connectivity index (χ1n) is 9.15. The van der Waals surface area contributed by atoms with E-state index in [1.54, 1.807) is 11.3 Å². The molecular formula is C19H30ClNS. The van der Waals surface area contributed by atoms with Gasteiger partial charge in [-0.2, -0.15) is 0 Å². The monoisotopic (exact) mass is 339 g/mol. The molecule has 3 unspecified atom stereocenters. The summed E-state index contributed by atoms with van der Waals surface area (Å²) in [7, 11) is 0. The average molecular weight is 340 g/mol. The van der Waals surface area contributed by atoms with E-state index >= 15 is 0 Å². The van der Waals surface area contributed by atoms with Gasteiger partial charge >= 0.3 is 0 Å². The molecule has 0 aliphatic heterocycles. The maximum atomic E-state index is 6.11. The van der Waals surface area contributed by atoms with Crippen LogP contribution in [0.25, 0.3) is 0 Å². The highest BCUT2D eigenvalue weighted by Crippen LogP contribution is 2.48. The number of nitrogens with zero attached hydrogens (tertiary/aromatic N) is 1. The van der Waals surface area contributed by atoms with Crippen molar-refractivity contribution in [2.75, 3.05) is 0 Å². The summed E-state index contributed by atoms with van der Waals surface area (Å²) < 4.78 is 0.849. The summed E-state index contributed by atoms with van der Waals surface area (Å²) in [6, 6.07) is 0. The SMILES string of the molecule is CC(C)C1CCC(C2CCC(C)C(c3ncc(Cl)s3)C2)CC1. The molecule has 3 rings (SSSR count). The Morgan fingerprint density at radius 1 is 1.09 bits per heavy atom. The lowest BCUT2D eigenvalue weighted by Crippen LogP contribution is -2.30. The van der Waals surface area contributed by atoms with E-state index in [1.807, 2.05) is 6.20 Å². The van der Waals surface area contributed by atoms with Crippen molar-refractivity contribution < 1.29 is 0 Å². The molecule has 3 heteroatoms. The molecule has 2 aliphatic carbocycles. The van der Waals surface area contributed by atoms with Gasteiger partial charge in [-0.15, -0.1) is 11.3 Å². The van der Waals surface area contributed by atoms with E-state index in [1.165, 1.54) is 50.0 Å². The molecule has 2 fully saturated rings. The predicted molar refractivity (Wildman–Crippen MR) is 96.7 cm³/mol. The van der Waals surface area contributed by atoms with E-state index in [2.05, 4.69) is 25.8 Å². The molecule has 1 aromatic heterocycles. The van der Waals surface area contributed by atoms with Crippen LogP contribution in [-0.4, -0.2) is 4.98 Å². The first-order valence-corrected chi connectivity index (χ1v) is 10.3. The number of rotatable bonds is 3. The molecule has 0 amide bonds. The summed E-state index contributed by atoms with van der Waals surface area (Å²) >= 11 is 7.82. The Kier molecular flexibility index (Phi) is 5.50. The molecule has 0 spiro atoms. The Morgan fingerprint density at radius 3 is 2.36 bits per heavy atom. The van der Waals surface area contributed by atoms with Gasteiger partial charge in [0.1, 0.15) is 4.34 Å². The fraction of sp³-hybridized carbons (Fsp3) is 0.842. The number of aromatic nitrogens is 1. The molecule has 22 heavy (non-hydrogen) atoms. The van der Waals surface area contributed by atoms with Gasteiger partial charge in [-0.1, -0.05) is 32.4 Å². The Labute approximate surface area is 144 Å². The minimum Gasteiger partial charge on any atom is -0.248 e. The first kappa shape index (κ1) is 16.8. The lowest BCUT2D eigenvalue weighted by Gasteiger charge is -2.41. The zero-order chi connectivity index (χ0) is 15.7. The fourth-order valence-corrected chi connectivity index (χ4v) is 6.02. The third kappa shape index (κ3) is 3.70. The van der Waals surface area contributed by atoms with Gasteiger partial charge in [0.15, 0.2) is 0 Å². The van der Waals surface area contributed by atoms with Gasteiger partial charge in [-0.05, 0) is 74.5 Å². The summed E-state index contributed by atoms with van der Waals surface area (Å²) in [4.78, 5) is 4.59. The molecule has 1 aromatic rings. The van der Waals surface area contributed by atoms with Gasteiger partial charge in [-0.25, -0.2) is 4.98 Å². The van der Waals surface area contributed by atoms with E-state index in [-0.39, 0.29) is 0 Å². The van der Waals surface area contributed by atoms with E-state index in [0.29, 0.717) is 5.92 Å². The van der Waals surface area contributed by atoms with Crippen molar-refractivity contribution in [1.29, 1.82) is 0 Å². The van der Waals surface area contributed by atoms with E-state index in [4.69, 9.17) is 11.6 Å². The number of hydrogen-bond donors (Lipinski definition) is 0. The highest BCUT2D eigenvalue weighted by Gasteiger charge is 2.36. The standard InChI is InChI=1S/C19H30ClNS/c1-12(2)14-6-8-15(9-7-14)16-5-4-13(3)17(10-16)19-21-11-18(20)22-19/h11-17H,4-10H2,1-3H3. The molecule has 0 aromatic carbocycles. The molecule has 1 nitrogen and oxygen atoms in total. The molecular weight excluding hydrogens is 310 g/mol. The highest BCUT2D eigenvalue weighted by molar-refractivity contribution is 7.15. The van der Waals surface area contributed by atoms with Crippen molar-refractivity contribution in [2.45, 2.75) is 71.6 Å². The molecule has 0 saturated heterocycles. The van der Waals surface area contributed by atoms with Crippen LogP contribution in [0.4, 0.5) is 0 Å². The van der Waals surface area contributed by atoms with Gasteiger partial charge in [-0.3, -0.25) is 0 Å². The topological polar surface area (TPSA) is 12.9 Å². The third-order valence-corrected chi connectivity index (χ3v) is 7.72. The zero-order valence-electron chi connectivity index (χ0n) is 14.2. The summed E-state index contributed by atoms with van der Waals surface area (Å²) in [5.41, 5.74) is 0. The van der Waals surface area contributed by atoms with Crippen molar-refractivity contribution in [2.24, 2.45) is 29.6 Å². The average Bonchev–Trinajstić information content (AvgIpc) is 2.94. The minimum absolute atomic E-state index is 0.652. The van der Waals surface area contributed by atoms with E-state index in [9.17, 15) is 0 Å². The Bertz CT molecular complexity index is 476. The van der Waals surface area contributed by atoms with Crippen LogP contribution in [0.5, 0.6) is 0 Å². The second kappa shape index (κ2) is 7.21. The quantitative estimate of drug-likeness (QED) is 0.591. The van der Waals surface area contributed by atoms with Crippen molar-refractivity contribution in [1.82, 2.24) is 4.98 Å². The largest absolute Gasteiger partial charge is 0.248 e. The summed E-state index contributed by atoms with van der Waals surface area (Å²) in [6.45, 7) is 7.21. The summed E-state index contributed by atoms with van der Waals surface area (Å²) in [5.74, 6) is 5.17. The van der Waals surface area contributed by atoms with Crippen LogP contribution in [0, 0.1) is 29.6 Å². The van der Waals surface area contributed by atoms with Crippen LogP contribution in [-0.2, 0) is 0 Å². The zero-order valence-corrected chi connectivity index (χ0v) is 15.8. The van der Waals surface area contributed by atoms with Crippen LogP contribution >= 0.6 is 22.9 Å². The van der Waals surface area contributed by atoms with Crippen LogP contribution in [0.2, 0.25) is 4.34 Å². The Balaban J connectivity index is 1.61. The van der Waals surface area contributed by atoms with E-state index < -0.39 is 0 Å². The normalized spacial score (nSPS) is 36.7. The Hall–Kier alpha value is -0.0800. The second-order valence-corrected chi connectivity index (χ2v) is 9.77. The molecule has 2 aliphatic rings. The van der Waals surface area contributed by atoms with Gasteiger partial charge in [0, 0.05) is 5.92 Å². The van der Waals surface area contributed by atoms with Gasteiger partial charge < -0.3 is 0 Å².